The van der Waals surface area contributed by atoms with Crippen LogP contribution >= 0.6 is 0 Å². The van der Waals surface area contributed by atoms with Crippen LogP contribution in [0.15, 0.2) is 42.5 Å². The van der Waals surface area contributed by atoms with Crippen LogP contribution in [0.5, 0.6) is 11.5 Å². The molecule has 2 aliphatic rings. The van der Waals surface area contributed by atoms with Crippen LogP contribution in [0.2, 0.25) is 0 Å². The lowest BCUT2D eigenvalue weighted by Crippen LogP contribution is -2.32. The zero-order valence-corrected chi connectivity index (χ0v) is 14.6. The monoisotopic (exact) mass is 367 g/mol. The Morgan fingerprint density at radius 2 is 1.74 bits per heavy atom. The van der Waals surface area contributed by atoms with Crippen molar-refractivity contribution < 1.29 is 28.7 Å². The van der Waals surface area contributed by atoms with Gasteiger partial charge in [-0.05, 0) is 43.0 Å². The summed E-state index contributed by atoms with van der Waals surface area (Å²) in [6, 6.07) is 11.0. The van der Waals surface area contributed by atoms with Crippen LogP contribution < -0.4 is 9.47 Å². The minimum atomic E-state index is -0.849. The number of nitrogens with zero attached hydrogens (tertiary/aromatic N) is 1. The van der Waals surface area contributed by atoms with E-state index >= 15 is 0 Å². The Bertz CT molecular complexity index is 899. The van der Waals surface area contributed by atoms with Crippen molar-refractivity contribution in [1.29, 1.82) is 0 Å². The molecule has 0 unspecified atom stereocenters. The zero-order chi connectivity index (χ0) is 19.0. The maximum Gasteiger partial charge on any atom is 0.367 e. The van der Waals surface area contributed by atoms with E-state index in [0.29, 0.717) is 29.1 Å². The molecule has 0 spiro atoms. The molecule has 27 heavy (non-hydrogen) atoms. The molecular formula is C20H17NO6. The van der Waals surface area contributed by atoms with Crippen molar-refractivity contribution >= 4 is 17.8 Å². The van der Waals surface area contributed by atoms with Crippen LogP contribution in [-0.2, 0) is 4.84 Å². The fraction of sp³-hybridized carbons (Fsp3) is 0.250. The first-order chi connectivity index (χ1) is 13.1. The van der Waals surface area contributed by atoms with Gasteiger partial charge >= 0.3 is 5.97 Å². The predicted octanol–water partition coefficient (Wildman–Crippen LogP) is 2.85. The molecule has 1 aliphatic carbocycles. The zero-order valence-electron chi connectivity index (χ0n) is 14.6. The van der Waals surface area contributed by atoms with Gasteiger partial charge in [0.1, 0.15) is 17.1 Å². The third-order valence-electron chi connectivity index (χ3n) is 4.51. The molecule has 1 heterocycles. The molecule has 1 aliphatic heterocycles. The van der Waals surface area contributed by atoms with Crippen molar-refractivity contribution in [3.05, 3.63) is 59.2 Å². The first-order valence-corrected chi connectivity index (χ1v) is 8.59. The Kier molecular flexibility index (Phi) is 4.27. The average Bonchev–Trinajstić information content (AvgIpc) is 3.50. The number of amides is 2. The summed E-state index contributed by atoms with van der Waals surface area (Å²) >= 11 is 0. The number of carbonyl (C=O) groups excluding carboxylic acids is 3. The first kappa shape index (κ1) is 17.1. The fourth-order valence-electron chi connectivity index (χ4n) is 2.79. The van der Waals surface area contributed by atoms with Gasteiger partial charge in [0.25, 0.3) is 11.8 Å². The Balaban J connectivity index is 1.56. The fourth-order valence-corrected chi connectivity index (χ4v) is 2.79. The van der Waals surface area contributed by atoms with Crippen LogP contribution in [0.25, 0.3) is 0 Å². The number of hydroxylamine groups is 2. The minimum Gasteiger partial charge on any atom is -0.497 e. The predicted molar refractivity (Wildman–Crippen MR) is 93.6 cm³/mol. The Morgan fingerprint density at radius 1 is 1.07 bits per heavy atom. The van der Waals surface area contributed by atoms with Crippen molar-refractivity contribution in [1.82, 2.24) is 5.06 Å². The second kappa shape index (κ2) is 6.75. The number of imide groups is 1. The molecule has 0 radical (unpaired) electrons. The standard InChI is InChI=1S/C20H17NO6/c1-25-13-8-9-16(17(10-13)26-11-12-6-7-12)20(24)27-21-18(22)14-4-2-3-5-15(14)19(21)23/h2-5,8-10,12H,6-7,11H2,1H3. The van der Waals surface area contributed by atoms with Crippen LogP contribution in [0, 0.1) is 5.92 Å². The normalized spacial score (nSPS) is 15.5. The summed E-state index contributed by atoms with van der Waals surface area (Å²) in [5.41, 5.74) is 0.526. The summed E-state index contributed by atoms with van der Waals surface area (Å²) in [5.74, 6) is -0.883. The van der Waals surface area contributed by atoms with Gasteiger partial charge in [-0.15, -0.1) is 0 Å². The van der Waals surface area contributed by atoms with Crippen molar-refractivity contribution in [3.8, 4) is 11.5 Å². The summed E-state index contributed by atoms with van der Waals surface area (Å²) in [5, 5.41) is 0.488. The summed E-state index contributed by atoms with van der Waals surface area (Å²) < 4.78 is 10.9. The van der Waals surface area contributed by atoms with Gasteiger partial charge in [0.05, 0.1) is 24.8 Å². The lowest BCUT2D eigenvalue weighted by atomic mass is 10.1. The molecule has 2 amide bonds. The Hall–Kier alpha value is -3.35. The number of fused-ring (bicyclic) bond motifs is 1. The molecule has 1 saturated carbocycles. The average molecular weight is 367 g/mol. The number of hydrogen-bond acceptors (Lipinski definition) is 6. The van der Waals surface area contributed by atoms with Crippen LogP contribution in [-0.4, -0.2) is 36.6 Å². The summed E-state index contributed by atoms with van der Waals surface area (Å²) in [4.78, 5) is 42.5. The second-order valence-electron chi connectivity index (χ2n) is 6.45. The number of benzene rings is 2. The van der Waals surface area contributed by atoms with E-state index in [1.165, 1.54) is 25.3 Å². The SMILES string of the molecule is COc1ccc(C(=O)ON2C(=O)c3ccccc3C2=O)c(OCC2CC2)c1. The molecule has 7 nitrogen and oxygen atoms in total. The lowest BCUT2D eigenvalue weighted by Gasteiger charge is -2.15. The Morgan fingerprint density at radius 3 is 2.33 bits per heavy atom. The highest BCUT2D eigenvalue weighted by Crippen LogP contribution is 2.32. The third kappa shape index (κ3) is 3.23. The van der Waals surface area contributed by atoms with Gasteiger partial charge < -0.3 is 14.3 Å². The highest BCUT2D eigenvalue weighted by Gasteiger charge is 2.39. The van der Waals surface area contributed by atoms with Gasteiger partial charge in [0.15, 0.2) is 0 Å². The lowest BCUT2D eigenvalue weighted by molar-refractivity contribution is -0.0586. The van der Waals surface area contributed by atoms with Gasteiger partial charge in [0, 0.05) is 6.07 Å². The van der Waals surface area contributed by atoms with Crippen molar-refractivity contribution in [2.45, 2.75) is 12.8 Å². The van der Waals surface area contributed by atoms with Crippen LogP contribution in [0.3, 0.4) is 0 Å². The summed E-state index contributed by atoms with van der Waals surface area (Å²) in [6.07, 6.45) is 2.19. The van der Waals surface area contributed by atoms with E-state index in [0.717, 1.165) is 12.8 Å². The summed E-state index contributed by atoms with van der Waals surface area (Å²) in [6.45, 7) is 0.487. The molecule has 0 atom stereocenters. The maximum absolute atomic E-state index is 12.6. The molecule has 0 aromatic heterocycles. The summed E-state index contributed by atoms with van der Waals surface area (Å²) in [7, 11) is 1.51. The van der Waals surface area contributed by atoms with Gasteiger partial charge in [0.2, 0.25) is 0 Å². The van der Waals surface area contributed by atoms with Gasteiger partial charge in [-0.1, -0.05) is 17.2 Å². The molecule has 2 aromatic rings. The van der Waals surface area contributed by atoms with Gasteiger partial charge in [-0.3, -0.25) is 9.59 Å². The van der Waals surface area contributed by atoms with E-state index in [9.17, 15) is 14.4 Å². The molecule has 138 valence electrons. The van der Waals surface area contributed by atoms with E-state index in [-0.39, 0.29) is 16.7 Å². The topological polar surface area (TPSA) is 82.1 Å². The first-order valence-electron chi connectivity index (χ1n) is 8.59. The van der Waals surface area contributed by atoms with Crippen molar-refractivity contribution in [2.75, 3.05) is 13.7 Å². The van der Waals surface area contributed by atoms with E-state index in [1.807, 2.05) is 0 Å². The number of hydrogen-bond donors (Lipinski definition) is 0. The van der Waals surface area contributed by atoms with E-state index < -0.39 is 17.8 Å². The number of carbonyl (C=O) groups is 3. The second-order valence-corrected chi connectivity index (χ2v) is 6.45. The van der Waals surface area contributed by atoms with E-state index in [4.69, 9.17) is 14.3 Å². The van der Waals surface area contributed by atoms with Gasteiger partial charge in [-0.25, -0.2) is 4.79 Å². The largest absolute Gasteiger partial charge is 0.497 e. The molecule has 1 fully saturated rings. The molecule has 2 aromatic carbocycles. The molecular weight excluding hydrogens is 350 g/mol. The maximum atomic E-state index is 12.6. The Labute approximate surface area is 155 Å². The number of methoxy groups -OCH3 is 1. The molecule has 0 bridgehead atoms. The number of rotatable bonds is 6. The minimum absolute atomic E-state index is 0.119. The quantitative estimate of drug-likeness (QED) is 0.730. The van der Waals surface area contributed by atoms with E-state index in [2.05, 4.69) is 0 Å². The third-order valence-corrected chi connectivity index (χ3v) is 4.51. The molecule has 0 N–H and O–H groups in total. The number of ether oxygens (including phenoxy) is 2. The molecule has 0 saturated heterocycles. The molecule has 7 heteroatoms. The van der Waals surface area contributed by atoms with Gasteiger partial charge in [-0.2, -0.15) is 0 Å². The smallest absolute Gasteiger partial charge is 0.367 e. The molecule has 4 rings (SSSR count). The van der Waals surface area contributed by atoms with Crippen molar-refractivity contribution in [3.63, 3.8) is 0 Å². The van der Waals surface area contributed by atoms with Crippen LogP contribution in [0.1, 0.15) is 43.9 Å². The highest BCUT2D eigenvalue weighted by atomic mass is 16.7. The van der Waals surface area contributed by atoms with Crippen molar-refractivity contribution in [2.24, 2.45) is 5.92 Å². The van der Waals surface area contributed by atoms with Crippen LogP contribution in [0.4, 0.5) is 0 Å². The van der Waals surface area contributed by atoms with E-state index in [1.54, 1.807) is 24.3 Å². The highest BCUT2D eigenvalue weighted by molar-refractivity contribution is 6.21.